The summed E-state index contributed by atoms with van der Waals surface area (Å²) in [6.45, 7) is 4.78. The monoisotopic (exact) mass is 899 g/mol. The zero-order chi connectivity index (χ0) is 46.4. The van der Waals surface area contributed by atoms with Gasteiger partial charge in [0, 0.05) is 63.4 Å². The standard InChI is InChI=1S/C62H57N7/c1-62(2)48-29-15-19-33-52(48)69(53-34-20-16-30-49(53)62)56-38-55(42(39-63)37-47(56)61-65-59(40-21-7-4-8-22-40)64-60(66(61)3)41-23-9-5-10-24-41)68-51-32-18-14-28-46(51)57-54(68)36-35-45-44-27-13-17-31-50(44)67(58(45)57)43-25-11-6-12-26-43/h4-9,11,14-15,17,19-23,25,28-29,31,33-38,45,58,60H,10,12-13,16,18,24,26-27,30,32H2,1-3H3. The lowest BCUT2D eigenvalue weighted by Crippen LogP contribution is -2.43. The molecule has 3 aromatic carbocycles. The van der Waals surface area contributed by atoms with Crippen molar-refractivity contribution in [2.75, 3.05) is 11.9 Å². The minimum Gasteiger partial charge on any atom is -0.337 e. The van der Waals surface area contributed by atoms with Gasteiger partial charge >= 0.3 is 0 Å². The van der Waals surface area contributed by atoms with Gasteiger partial charge in [-0.2, -0.15) is 5.26 Å². The van der Waals surface area contributed by atoms with Gasteiger partial charge in [-0.15, -0.1) is 0 Å². The second kappa shape index (κ2) is 16.4. The van der Waals surface area contributed by atoms with Gasteiger partial charge in [0.15, 0.2) is 5.84 Å². The Morgan fingerprint density at radius 2 is 1.48 bits per heavy atom. The average Bonchev–Trinajstić information content (AvgIpc) is 3.92. The molecule has 7 heteroatoms. The molecule has 13 rings (SSSR count). The maximum atomic E-state index is 11.7. The van der Waals surface area contributed by atoms with Crippen LogP contribution in [0.15, 0.2) is 183 Å². The molecule has 0 N–H and O–H groups in total. The van der Waals surface area contributed by atoms with Crippen molar-refractivity contribution in [3.63, 3.8) is 0 Å². The van der Waals surface area contributed by atoms with Crippen molar-refractivity contribution in [3.8, 4) is 11.8 Å². The number of para-hydroxylation sites is 1. The summed E-state index contributed by atoms with van der Waals surface area (Å²) in [7, 11) is 2.14. The SMILES string of the molecule is CN1C(c2cc(C#N)c(-n3c4c(c5c3CCC=C5)C3C(C=C4)C4=C(C=CCC4)N3C3=CC=CCC3)cc2N2C3=C(CCC=C3)C(C)(C)c3ccccc32)=NC(c2ccccc2)=NC1C1=CC=CCC1. The Morgan fingerprint density at radius 1 is 0.725 bits per heavy atom. The third-order valence-corrected chi connectivity index (χ3v) is 16.2. The molecule has 9 aliphatic rings. The summed E-state index contributed by atoms with van der Waals surface area (Å²) in [5.41, 5.74) is 20.1. The molecule has 4 heterocycles. The van der Waals surface area contributed by atoms with Gasteiger partial charge in [-0.25, -0.2) is 9.98 Å². The van der Waals surface area contributed by atoms with Crippen LogP contribution in [0.25, 0.3) is 17.8 Å². The molecule has 3 aliphatic heterocycles. The smallest absolute Gasteiger partial charge is 0.159 e. The Bertz CT molecular complexity index is 3300. The normalized spacial score (nSPS) is 23.6. The van der Waals surface area contributed by atoms with E-state index in [0.717, 1.165) is 98.2 Å². The molecule has 340 valence electrons. The number of hydrogen-bond acceptors (Lipinski definition) is 6. The van der Waals surface area contributed by atoms with E-state index in [4.69, 9.17) is 9.98 Å². The van der Waals surface area contributed by atoms with Gasteiger partial charge in [0.05, 0.1) is 34.4 Å². The van der Waals surface area contributed by atoms with Crippen LogP contribution in [0.3, 0.4) is 0 Å². The topological polar surface area (TPSA) is 63.2 Å². The highest BCUT2D eigenvalue weighted by Crippen LogP contribution is 2.57. The second-order valence-corrected chi connectivity index (χ2v) is 20.3. The Balaban J connectivity index is 1.08. The van der Waals surface area contributed by atoms with E-state index in [-0.39, 0.29) is 23.5 Å². The molecule has 0 fully saturated rings. The van der Waals surface area contributed by atoms with Crippen LogP contribution in [0.5, 0.6) is 0 Å². The predicted octanol–water partition coefficient (Wildman–Crippen LogP) is 13.9. The number of aromatic nitrogens is 1. The highest BCUT2D eigenvalue weighted by atomic mass is 15.3. The fourth-order valence-electron chi connectivity index (χ4n) is 13.0. The first-order chi connectivity index (χ1) is 33.9. The van der Waals surface area contributed by atoms with Crippen LogP contribution < -0.4 is 4.90 Å². The maximum Gasteiger partial charge on any atom is 0.159 e. The van der Waals surface area contributed by atoms with E-state index >= 15 is 0 Å². The van der Waals surface area contributed by atoms with E-state index < -0.39 is 0 Å². The third kappa shape index (κ3) is 6.44. The van der Waals surface area contributed by atoms with E-state index in [0.29, 0.717) is 11.4 Å². The van der Waals surface area contributed by atoms with Crippen molar-refractivity contribution < 1.29 is 0 Å². The van der Waals surface area contributed by atoms with Crippen molar-refractivity contribution in [2.24, 2.45) is 15.9 Å². The predicted molar refractivity (Wildman–Crippen MR) is 281 cm³/mol. The number of rotatable bonds is 6. The molecular weight excluding hydrogens is 843 g/mol. The molecular formula is C62H57N7. The average molecular weight is 900 g/mol. The van der Waals surface area contributed by atoms with Gasteiger partial charge in [0.2, 0.25) is 0 Å². The molecule has 7 nitrogen and oxygen atoms in total. The summed E-state index contributed by atoms with van der Waals surface area (Å²) in [6.07, 6.45) is 42.3. The lowest BCUT2D eigenvalue weighted by atomic mass is 9.70. The molecule has 6 aliphatic carbocycles. The minimum absolute atomic E-state index is 0.135. The van der Waals surface area contributed by atoms with Gasteiger partial charge in [0.25, 0.3) is 0 Å². The summed E-state index contributed by atoms with van der Waals surface area (Å²) in [4.78, 5) is 18.4. The lowest BCUT2D eigenvalue weighted by Gasteiger charge is -2.45. The van der Waals surface area contributed by atoms with Gasteiger partial charge in [0.1, 0.15) is 18.1 Å². The van der Waals surface area contributed by atoms with Crippen LogP contribution in [0.1, 0.15) is 122 Å². The zero-order valence-corrected chi connectivity index (χ0v) is 39.9. The van der Waals surface area contributed by atoms with Gasteiger partial charge in [-0.3, -0.25) is 0 Å². The van der Waals surface area contributed by atoms with Crippen molar-refractivity contribution in [1.82, 2.24) is 14.4 Å². The van der Waals surface area contributed by atoms with Crippen molar-refractivity contribution in [1.29, 1.82) is 5.26 Å². The number of likely N-dealkylation sites (N-methyl/N-ethyl adjacent to an activating group) is 1. The molecule has 3 unspecified atom stereocenters. The van der Waals surface area contributed by atoms with E-state index in [1.54, 1.807) is 5.57 Å². The Kier molecular flexibility index (Phi) is 9.90. The van der Waals surface area contributed by atoms with E-state index in [9.17, 15) is 5.26 Å². The number of allylic oxidation sites excluding steroid dienone is 13. The summed E-state index contributed by atoms with van der Waals surface area (Å²) in [5.74, 6) is 1.79. The third-order valence-electron chi connectivity index (χ3n) is 16.2. The highest BCUT2D eigenvalue weighted by molar-refractivity contribution is 6.16. The molecule has 0 saturated heterocycles. The molecule has 0 radical (unpaired) electrons. The largest absolute Gasteiger partial charge is 0.337 e. The van der Waals surface area contributed by atoms with Gasteiger partial charge in [-0.1, -0.05) is 123 Å². The minimum atomic E-state index is -0.264. The number of amidine groups is 2. The lowest BCUT2D eigenvalue weighted by molar-refractivity contribution is 0.312. The quantitative estimate of drug-likeness (QED) is 0.193. The number of benzene rings is 3. The fourth-order valence-corrected chi connectivity index (χ4v) is 13.0. The molecule has 0 spiro atoms. The highest BCUT2D eigenvalue weighted by Gasteiger charge is 2.47. The number of nitriles is 1. The second-order valence-electron chi connectivity index (χ2n) is 20.3. The molecule has 0 amide bonds. The van der Waals surface area contributed by atoms with Crippen LogP contribution in [0.2, 0.25) is 0 Å². The van der Waals surface area contributed by atoms with E-state index in [2.05, 4.69) is 192 Å². The molecule has 1 aromatic heterocycles. The van der Waals surface area contributed by atoms with Crippen LogP contribution in [-0.2, 0) is 11.8 Å². The zero-order valence-electron chi connectivity index (χ0n) is 39.9. The number of anilines is 2. The Morgan fingerprint density at radius 3 is 2.29 bits per heavy atom. The number of nitrogens with zero attached hydrogens (tertiary/aromatic N) is 7. The van der Waals surface area contributed by atoms with Crippen LogP contribution >= 0.6 is 0 Å². The maximum absolute atomic E-state index is 11.7. The number of fused-ring (bicyclic) bond motifs is 7. The first-order valence-electron chi connectivity index (χ1n) is 25.3. The van der Waals surface area contributed by atoms with Crippen molar-refractivity contribution in [3.05, 3.63) is 218 Å². The van der Waals surface area contributed by atoms with E-state index in [1.807, 2.05) is 6.07 Å². The molecule has 0 bridgehead atoms. The van der Waals surface area contributed by atoms with Crippen molar-refractivity contribution >= 4 is 35.2 Å². The Hall–Kier alpha value is -7.43. The van der Waals surface area contributed by atoms with Crippen LogP contribution in [0.4, 0.5) is 11.4 Å². The Labute approximate surface area is 406 Å². The van der Waals surface area contributed by atoms with Gasteiger partial charge in [-0.05, 0) is 129 Å². The molecule has 4 aromatic rings. The van der Waals surface area contributed by atoms with Crippen LogP contribution in [-0.4, -0.2) is 39.3 Å². The number of aliphatic imine (C=N–C) groups is 2. The first-order valence-corrected chi connectivity index (χ1v) is 25.3. The fraction of sp³-hybridized carbons (Fsp3) is 0.274. The molecule has 0 saturated carbocycles. The summed E-state index contributed by atoms with van der Waals surface area (Å²) < 4.78 is 2.49. The molecule has 69 heavy (non-hydrogen) atoms. The molecule has 3 atom stereocenters. The van der Waals surface area contributed by atoms with Crippen LogP contribution in [0, 0.1) is 17.2 Å². The first kappa shape index (κ1) is 41.7. The van der Waals surface area contributed by atoms with Crippen molar-refractivity contribution in [2.45, 2.75) is 95.7 Å². The summed E-state index contributed by atoms with van der Waals surface area (Å²) >= 11 is 0. The summed E-state index contributed by atoms with van der Waals surface area (Å²) in [5, 5.41) is 11.7. The number of hydrogen-bond donors (Lipinski definition) is 0. The van der Waals surface area contributed by atoms with Gasteiger partial charge < -0.3 is 19.3 Å². The summed E-state index contributed by atoms with van der Waals surface area (Å²) in [6, 6.07) is 26.8. The van der Waals surface area contributed by atoms with E-state index in [1.165, 1.54) is 56.3 Å².